The van der Waals surface area contributed by atoms with Crippen molar-refractivity contribution in [1.29, 1.82) is 0 Å². The molecule has 0 radical (unpaired) electrons. The quantitative estimate of drug-likeness (QED) is 0.801. The summed E-state index contributed by atoms with van der Waals surface area (Å²) in [5.74, 6) is -0.639. The first-order chi connectivity index (χ1) is 13.4. The highest BCUT2D eigenvalue weighted by Crippen LogP contribution is 2.22. The molecule has 0 aromatic heterocycles. The van der Waals surface area contributed by atoms with Crippen molar-refractivity contribution >= 4 is 46.4 Å². The van der Waals surface area contributed by atoms with Gasteiger partial charge in [-0.2, -0.15) is 0 Å². The largest absolute Gasteiger partial charge is 0.378 e. The van der Waals surface area contributed by atoms with Crippen LogP contribution in [0, 0.1) is 0 Å². The Morgan fingerprint density at radius 3 is 2.43 bits per heavy atom. The SMILES string of the molecule is CN(CC(=O)Nc1ccc(N2CCOCC2)cc1)C(=O)c1ccc(Cl)cc1Cl. The molecule has 2 aromatic rings. The number of carbonyl (C=O) groups excluding carboxylic acids is 2. The maximum absolute atomic E-state index is 12.5. The van der Waals surface area contributed by atoms with E-state index < -0.39 is 0 Å². The van der Waals surface area contributed by atoms with E-state index in [2.05, 4.69) is 10.2 Å². The highest BCUT2D eigenvalue weighted by molar-refractivity contribution is 6.36. The third-order valence-corrected chi connectivity index (χ3v) is 4.96. The molecule has 0 saturated carbocycles. The number of hydrogen-bond acceptors (Lipinski definition) is 4. The minimum absolute atomic E-state index is 0.0942. The highest BCUT2D eigenvalue weighted by atomic mass is 35.5. The van der Waals surface area contributed by atoms with Gasteiger partial charge in [0, 0.05) is 36.5 Å². The lowest BCUT2D eigenvalue weighted by Gasteiger charge is -2.28. The van der Waals surface area contributed by atoms with Gasteiger partial charge in [0.2, 0.25) is 5.91 Å². The second-order valence-electron chi connectivity index (χ2n) is 6.48. The summed E-state index contributed by atoms with van der Waals surface area (Å²) < 4.78 is 5.35. The van der Waals surface area contributed by atoms with Crippen LogP contribution in [0.4, 0.5) is 11.4 Å². The van der Waals surface area contributed by atoms with Crippen molar-refractivity contribution in [3.8, 4) is 0 Å². The molecule has 28 heavy (non-hydrogen) atoms. The Labute approximate surface area is 174 Å². The van der Waals surface area contributed by atoms with Crippen molar-refractivity contribution < 1.29 is 14.3 Å². The molecule has 1 aliphatic rings. The van der Waals surface area contributed by atoms with Crippen LogP contribution in [0.25, 0.3) is 0 Å². The van der Waals surface area contributed by atoms with E-state index >= 15 is 0 Å². The van der Waals surface area contributed by atoms with Crippen molar-refractivity contribution in [3.63, 3.8) is 0 Å². The zero-order chi connectivity index (χ0) is 20.1. The molecular weight excluding hydrogens is 401 g/mol. The average molecular weight is 422 g/mol. The van der Waals surface area contributed by atoms with E-state index in [4.69, 9.17) is 27.9 Å². The summed E-state index contributed by atoms with van der Waals surface area (Å²) in [6, 6.07) is 12.3. The third-order valence-electron chi connectivity index (χ3n) is 4.42. The summed E-state index contributed by atoms with van der Waals surface area (Å²) in [6.07, 6.45) is 0. The van der Waals surface area contributed by atoms with Crippen LogP contribution in [0.1, 0.15) is 10.4 Å². The number of hydrogen-bond donors (Lipinski definition) is 1. The van der Waals surface area contributed by atoms with E-state index in [1.807, 2.05) is 24.3 Å². The topological polar surface area (TPSA) is 61.9 Å². The zero-order valence-corrected chi connectivity index (χ0v) is 17.0. The van der Waals surface area contributed by atoms with Crippen LogP contribution >= 0.6 is 23.2 Å². The van der Waals surface area contributed by atoms with Gasteiger partial charge in [-0.05, 0) is 42.5 Å². The Morgan fingerprint density at radius 2 is 1.79 bits per heavy atom. The fraction of sp³-hybridized carbons (Fsp3) is 0.300. The molecule has 3 rings (SSSR count). The fourth-order valence-electron chi connectivity index (χ4n) is 2.93. The molecule has 2 aromatic carbocycles. The summed E-state index contributed by atoms with van der Waals surface area (Å²) in [6.45, 7) is 3.05. The monoisotopic (exact) mass is 421 g/mol. The van der Waals surface area contributed by atoms with E-state index in [0.717, 1.165) is 32.0 Å². The molecule has 0 aliphatic carbocycles. The van der Waals surface area contributed by atoms with Crippen LogP contribution in [0.5, 0.6) is 0 Å². The first-order valence-corrected chi connectivity index (χ1v) is 9.63. The molecule has 0 bridgehead atoms. The Balaban J connectivity index is 1.56. The minimum atomic E-state index is -0.348. The van der Waals surface area contributed by atoms with Crippen molar-refractivity contribution in [1.82, 2.24) is 4.90 Å². The average Bonchev–Trinajstić information content (AvgIpc) is 2.68. The Kier molecular flexibility index (Phi) is 6.78. The first-order valence-electron chi connectivity index (χ1n) is 8.87. The minimum Gasteiger partial charge on any atom is -0.378 e. The number of nitrogens with zero attached hydrogens (tertiary/aromatic N) is 2. The van der Waals surface area contributed by atoms with Gasteiger partial charge in [-0.25, -0.2) is 0 Å². The van der Waals surface area contributed by atoms with Crippen molar-refractivity contribution in [2.24, 2.45) is 0 Å². The molecular formula is C20H21Cl2N3O3. The summed E-state index contributed by atoms with van der Waals surface area (Å²) in [5.41, 5.74) is 2.06. The van der Waals surface area contributed by atoms with Crippen LogP contribution in [0.2, 0.25) is 10.0 Å². The van der Waals surface area contributed by atoms with Crippen LogP contribution in [-0.2, 0) is 9.53 Å². The van der Waals surface area contributed by atoms with E-state index in [1.54, 1.807) is 19.2 Å². The van der Waals surface area contributed by atoms with Crippen LogP contribution in [0.15, 0.2) is 42.5 Å². The molecule has 8 heteroatoms. The number of amides is 2. The molecule has 1 N–H and O–H groups in total. The summed E-state index contributed by atoms with van der Waals surface area (Å²) in [4.78, 5) is 28.3. The van der Waals surface area contributed by atoms with Crippen LogP contribution < -0.4 is 10.2 Å². The number of nitrogens with one attached hydrogen (secondary N) is 1. The summed E-state index contributed by atoms with van der Waals surface area (Å²) in [7, 11) is 1.55. The van der Waals surface area contributed by atoms with Gasteiger partial charge < -0.3 is 19.9 Å². The van der Waals surface area contributed by atoms with Gasteiger partial charge in [-0.1, -0.05) is 23.2 Å². The molecule has 2 amide bonds. The lowest BCUT2D eigenvalue weighted by atomic mass is 10.2. The standard InChI is InChI=1S/C20H21Cl2N3O3/c1-24(20(27)17-7-2-14(21)12-18(17)22)13-19(26)23-15-3-5-16(6-4-15)25-8-10-28-11-9-25/h2-7,12H,8-11,13H2,1H3,(H,23,26). The molecule has 6 nitrogen and oxygen atoms in total. The van der Waals surface area contributed by atoms with Crippen LogP contribution in [-0.4, -0.2) is 56.6 Å². The Hall–Kier alpha value is -2.28. The normalized spacial score (nSPS) is 13.9. The van der Waals surface area contributed by atoms with Gasteiger partial charge in [0.1, 0.15) is 0 Å². The van der Waals surface area contributed by atoms with E-state index in [-0.39, 0.29) is 23.4 Å². The van der Waals surface area contributed by atoms with Crippen LogP contribution in [0.3, 0.4) is 0 Å². The van der Waals surface area contributed by atoms with Gasteiger partial charge in [0.05, 0.1) is 30.3 Å². The number of rotatable bonds is 5. The molecule has 1 saturated heterocycles. The van der Waals surface area contributed by atoms with Gasteiger partial charge in [0.25, 0.3) is 5.91 Å². The first kappa shape index (κ1) is 20.5. The number of ether oxygens (including phenoxy) is 1. The second-order valence-corrected chi connectivity index (χ2v) is 7.32. The molecule has 148 valence electrons. The molecule has 1 fully saturated rings. The van der Waals surface area contributed by atoms with E-state index in [0.29, 0.717) is 16.3 Å². The van der Waals surface area contributed by atoms with Gasteiger partial charge in [-0.15, -0.1) is 0 Å². The smallest absolute Gasteiger partial charge is 0.255 e. The second kappa shape index (κ2) is 9.28. The van der Waals surface area contributed by atoms with Gasteiger partial charge in [-0.3, -0.25) is 9.59 Å². The number of anilines is 2. The Bertz CT molecular complexity index is 852. The fourth-order valence-corrected chi connectivity index (χ4v) is 3.42. The van der Waals surface area contributed by atoms with Crippen molar-refractivity contribution in [2.45, 2.75) is 0 Å². The number of likely N-dealkylation sites (N-methyl/N-ethyl adjacent to an activating group) is 1. The summed E-state index contributed by atoms with van der Waals surface area (Å²) in [5, 5.41) is 3.50. The Morgan fingerprint density at radius 1 is 1.11 bits per heavy atom. The highest BCUT2D eigenvalue weighted by Gasteiger charge is 2.18. The third kappa shape index (κ3) is 5.16. The summed E-state index contributed by atoms with van der Waals surface area (Å²) >= 11 is 11.9. The zero-order valence-electron chi connectivity index (χ0n) is 15.5. The van der Waals surface area contributed by atoms with Crippen molar-refractivity contribution in [3.05, 3.63) is 58.1 Å². The van der Waals surface area contributed by atoms with Gasteiger partial charge >= 0.3 is 0 Å². The number of carbonyl (C=O) groups is 2. The maximum Gasteiger partial charge on any atom is 0.255 e. The molecule has 0 spiro atoms. The van der Waals surface area contributed by atoms with E-state index in [9.17, 15) is 9.59 Å². The molecule has 1 heterocycles. The number of halogens is 2. The molecule has 1 aliphatic heterocycles. The number of morpholine rings is 1. The van der Waals surface area contributed by atoms with Gasteiger partial charge in [0.15, 0.2) is 0 Å². The predicted octanol–water partition coefficient (Wildman–Crippen LogP) is 3.54. The van der Waals surface area contributed by atoms with E-state index in [1.165, 1.54) is 11.0 Å². The van der Waals surface area contributed by atoms with Crippen molar-refractivity contribution in [2.75, 3.05) is 50.1 Å². The maximum atomic E-state index is 12.5. The molecule has 0 unspecified atom stereocenters. The lowest BCUT2D eigenvalue weighted by molar-refractivity contribution is -0.116. The predicted molar refractivity (Wildman–Crippen MR) is 112 cm³/mol. The lowest BCUT2D eigenvalue weighted by Crippen LogP contribution is -2.36. The number of benzene rings is 2. The molecule has 0 atom stereocenters.